The van der Waals surface area contributed by atoms with E-state index in [0.717, 1.165) is 33.1 Å². The van der Waals surface area contributed by atoms with Crippen LogP contribution in [0.3, 0.4) is 0 Å². The van der Waals surface area contributed by atoms with Crippen molar-refractivity contribution < 1.29 is 14.3 Å². The number of aromatic amines is 1. The molecule has 0 aliphatic rings. The Morgan fingerprint density at radius 3 is 2.59 bits per heavy atom. The van der Waals surface area contributed by atoms with Crippen LogP contribution >= 0.6 is 11.6 Å². The number of nitrogens with one attached hydrogen (secondary N) is 1. The van der Waals surface area contributed by atoms with E-state index in [4.69, 9.17) is 21.1 Å². The molecule has 0 fully saturated rings. The van der Waals surface area contributed by atoms with Gasteiger partial charge in [0.15, 0.2) is 0 Å². The highest BCUT2D eigenvalue weighted by Crippen LogP contribution is 2.34. The predicted molar refractivity (Wildman–Crippen MR) is 127 cm³/mol. The molecule has 0 amide bonds. The van der Waals surface area contributed by atoms with Crippen LogP contribution in [0.5, 0.6) is 11.8 Å². The lowest BCUT2D eigenvalue weighted by atomic mass is 10.0. The van der Waals surface area contributed by atoms with Crippen LogP contribution in [0.4, 0.5) is 0 Å². The number of H-pyrrole nitrogens is 1. The molecule has 1 aromatic heterocycles. The van der Waals surface area contributed by atoms with Gasteiger partial charge in [0.05, 0.1) is 28.7 Å². The number of aryl methyl sites for hydroxylation is 1. The second-order valence-electron chi connectivity index (χ2n) is 7.52. The third-order valence-electron chi connectivity index (χ3n) is 5.44. The largest absolute Gasteiger partial charge is 0.465 e. The van der Waals surface area contributed by atoms with Gasteiger partial charge in [0, 0.05) is 5.56 Å². The van der Waals surface area contributed by atoms with Crippen LogP contribution in [0.15, 0.2) is 72.8 Å². The molecule has 0 atom stereocenters. The highest BCUT2D eigenvalue weighted by atomic mass is 35.5. The Labute approximate surface area is 189 Å². The fraction of sp³-hybridized carbons (Fsp3) is 0.0769. The number of nitrogens with zero attached hydrogens (tertiary/aromatic N) is 1. The molecular weight excluding hydrogens is 424 g/mol. The maximum Gasteiger partial charge on any atom is 0.338 e. The molecular formula is C26H19ClN2O3. The van der Waals surface area contributed by atoms with Crippen LogP contribution in [0.25, 0.3) is 32.9 Å². The van der Waals surface area contributed by atoms with E-state index in [9.17, 15) is 4.79 Å². The van der Waals surface area contributed by atoms with Gasteiger partial charge >= 0.3 is 5.97 Å². The maximum atomic E-state index is 12.0. The highest BCUT2D eigenvalue weighted by Gasteiger charge is 2.14. The van der Waals surface area contributed by atoms with E-state index in [-0.39, 0.29) is 0 Å². The van der Waals surface area contributed by atoms with Gasteiger partial charge in [-0.2, -0.15) is 4.98 Å². The molecule has 158 valence electrons. The van der Waals surface area contributed by atoms with Crippen LogP contribution in [0.2, 0.25) is 5.02 Å². The zero-order valence-corrected chi connectivity index (χ0v) is 18.2. The molecule has 1 N–H and O–H groups in total. The van der Waals surface area contributed by atoms with Crippen molar-refractivity contribution in [2.45, 2.75) is 6.92 Å². The summed E-state index contributed by atoms with van der Waals surface area (Å²) in [5.74, 6) is 0.0697. The van der Waals surface area contributed by atoms with Crippen molar-refractivity contribution in [3.05, 3.63) is 88.9 Å². The second-order valence-corrected chi connectivity index (χ2v) is 7.93. The molecule has 5 nitrogen and oxygen atoms in total. The number of esters is 1. The topological polar surface area (TPSA) is 64.2 Å². The summed E-state index contributed by atoms with van der Waals surface area (Å²) in [7, 11) is 1.35. The molecule has 32 heavy (non-hydrogen) atoms. The third kappa shape index (κ3) is 3.67. The number of aromatic nitrogens is 2. The van der Waals surface area contributed by atoms with Crippen molar-refractivity contribution >= 4 is 39.4 Å². The Hall–Kier alpha value is -3.83. The minimum atomic E-state index is -0.413. The average Bonchev–Trinajstić information content (AvgIpc) is 3.19. The van der Waals surface area contributed by atoms with Crippen molar-refractivity contribution in [1.82, 2.24) is 9.97 Å². The number of imidazole rings is 1. The summed E-state index contributed by atoms with van der Waals surface area (Å²) in [5.41, 5.74) is 4.65. The molecule has 0 unspecified atom stereocenters. The fourth-order valence-electron chi connectivity index (χ4n) is 3.74. The summed E-state index contributed by atoms with van der Waals surface area (Å²) in [6, 6.07) is 23.8. The van der Waals surface area contributed by atoms with E-state index in [1.807, 2.05) is 31.2 Å². The number of ether oxygens (including phenoxy) is 2. The van der Waals surface area contributed by atoms with Crippen LogP contribution in [-0.2, 0) is 4.74 Å². The first-order valence-electron chi connectivity index (χ1n) is 10.1. The summed E-state index contributed by atoms with van der Waals surface area (Å²) >= 11 is 6.61. The first-order chi connectivity index (χ1) is 15.5. The fourth-order valence-corrected chi connectivity index (χ4v) is 4.01. The number of fused-ring (bicyclic) bond motifs is 2. The van der Waals surface area contributed by atoms with Crippen LogP contribution in [0, 0.1) is 6.92 Å². The van der Waals surface area contributed by atoms with Gasteiger partial charge in [0.25, 0.3) is 6.01 Å². The Morgan fingerprint density at radius 2 is 1.78 bits per heavy atom. The van der Waals surface area contributed by atoms with E-state index in [1.54, 1.807) is 18.2 Å². The molecule has 0 bridgehead atoms. The lowest BCUT2D eigenvalue weighted by Crippen LogP contribution is -2.04. The van der Waals surface area contributed by atoms with Crippen molar-refractivity contribution in [3.63, 3.8) is 0 Å². The van der Waals surface area contributed by atoms with Gasteiger partial charge in [-0.25, -0.2) is 4.79 Å². The number of hydrogen-bond acceptors (Lipinski definition) is 4. The van der Waals surface area contributed by atoms with Gasteiger partial charge < -0.3 is 14.5 Å². The molecule has 1 heterocycles. The molecule has 0 spiro atoms. The summed E-state index contributed by atoms with van der Waals surface area (Å²) in [4.78, 5) is 19.7. The number of rotatable bonds is 4. The first kappa shape index (κ1) is 20.1. The number of carbonyl (C=O) groups excluding carboxylic acids is 1. The standard InChI is InChI=1S/C26H19ClN2O3/c1-15-7-10-19(12-20(15)25(30)31-2)32-26-28-23-13-21(22(27)14-24(23)29-26)18-9-8-16-5-3-4-6-17(16)11-18/h3-14H,1-2H3,(H,28,29). The molecule has 6 heteroatoms. The SMILES string of the molecule is COC(=O)c1cc(Oc2nc3cc(-c4ccc5ccccc5c4)c(Cl)cc3[nH]2)ccc1C. The van der Waals surface area contributed by atoms with Gasteiger partial charge in [-0.3, -0.25) is 0 Å². The first-order valence-corrected chi connectivity index (χ1v) is 10.4. The van der Waals surface area contributed by atoms with E-state index in [1.165, 1.54) is 12.5 Å². The van der Waals surface area contributed by atoms with Crippen LogP contribution in [0.1, 0.15) is 15.9 Å². The number of hydrogen-bond donors (Lipinski definition) is 1. The quantitative estimate of drug-likeness (QED) is 0.307. The van der Waals surface area contributed by atoms with Crippen molar-refractivity contribution in [1.29, 1.82) is 0 Å². The Balaban J connectivity index is 1.50. The van der Waals surface area contributed by atoms with Gasteiger partial charge in [0.1, 0.15) is 5.75 Å². The molecule has 0 aliphatic carbocycles. The molecule has 5 rings (SSSR count). The van der Waals surface area contributed by atoms with Gasteiger partial charge in [-0.1, -0.05) is 54.1 Å². The molecule has 0 aliphatic heterocycles. The van der Waals surface area contributed by atoms with Crippen LogP contribution in [-0.4, -0.2) is 23.0 Å². The minimum Gasteiger partial charge on any atom is -0.465 e. The van der Waals surface area contributed by atoms with Gasteiger partial charge in [-0.15, -0.1) is 0 Å². The third-order valence-corrected chi connectivity index (χ3v) is 5.75. The lowest BCUT2D eigenvalue weighted by molar-refractivity contribution is 0.0599. The molecule has 0 saturated carbocycles. The van der Waals surface area contributed by atoms with Crippen molar-refractivity contribution in [2.75, 3.05) is 7.11 Å². The van der Waals surface area contributed by atoms with Crippen molar-refractivity contribution in [3.8, 4) is 22.9 Å². The Bertz CT molecular complexity index is 1490. The molecule has 0 radical (unpaired) electrons. The van der Waals surface area contributed by atoms with E-state index in [0.29, 0.717) is 22.3 Å². The zero-order valence-electron chi connectivity index (χ0n) is 17.5. The summed E-state index contributed by atoms with van der Waals surface area (Å²) in [5, 5.41) is 2.94. The number of carbonyl (C=O) groups is 1. The zero-order chi connectivity index (χ0) is 22.2. The molecule has 0 saturated heterocycles. The summed E-state index contributed by atoms with van der Waals surface area (Å²) < 4.78 is 10.7. The van der Waals surface area contributed by atoms with E-state index >= 15 is 0 Å². The highest BCUT2D eigenvalue weighted by molar-refractivity contribution is 6.34. The Morgan fingerprint density at radius 1 is 0.969 bits per heavy atom. The smallest absolute Gasteiger partial charge is 0.338 e. The Kier molecular flexibility index (Phi) is 5.04. The summed E-state index contributed by atoms with van der Waals surface area (Å²) in [6.45, 7) is 1.84. The number of halogens is 1. The normalized spacial score (nSPS) is 11.1. The van der Waals surface area contributed by atoms with E-state index < -0.39 is 5.97 Å². The molecule has 5 aromatic rings. The minimum absolute atomic E-state index is 0.311. The second kappa shape index (κ2) is 8.02. The lowest BCUT2D eigenvalue weighted by Gasteiger charge is -2.07. The van der Waals surface area contributed by atoms with Crippen LogP contribution < -0.4 is 4.74 Å². The summed E-state index contributed by atoms with van der Waals surface area (Å²) in [6.07, 6.45) is 0. The molecule has 4 aromatic carbocycles. The number of methoxy groups -OCH3 is 1. The maximum absolute atomic E-state index is 12.0. The predicted octanol–water partition coefficient (Wildman–Crippen LogP) is 6.92. The number of benzene rings is 4. The van der Waals surface area contributed by atoms with Gasteiger partial charge in [0.2, 0.25) is 0 Å². The average molecular weight is 443 g/mol. The van der Waals surface area contributed by atoms with Crippen molar-refractivity contribution in [2.24, 2.45) is 0 Å². The monoisotopic (exact) mass is 442 g/mol. The van der Waals surface area contributed by atoms with E-state index in [2.05, 4.69) is 40.3 Å². The van der Waals surface area contributed by atoms with Gasteiger partial charge in [-0.05, 0) is 59.2 Å².